The normalized spacial score (nSPS) is 19.6. The highest BCUT2D eigenvalue weighted by Crippen LogP contribution is 2.26. The minimum Gasteiger partial charge on any atom is -0.356 e. The van der Waals surface area contributed by atoms with Crippen LogP contribution in [0.4, 0.5) is 5.82 Å². The molecule has 0 aliphatic carbocycles. The lowest BCUT2D eigenvalue weighted by molar-refractivity contribution is 0.207. The summed E-state index contributed by atoms with van der Waals surface area (Å²) >= 11 is 0. The van der Waals surface area contributed by atoms with E-state index >= 15 is 0 Å². The highest BCUT2D eigenvalue weighted by molar-refractivity contribution is 6.03. The minimum atomic E-state index is -0.0472. The van der Waals surface area contributed by atoms with Crippen LogP contribution in [0.25, 0.3) is 21.8 Å². The number of anilines is 1. The number of H-pyrrole nitrogens is 1. The predicted octanol–water partition coefficient (Wildman–Crippen LogP) is 3.39. The molecule has 2 fully saturated rings. The van der Waals surface area contributed by atoms with Crippen LogP contribution < -0.4 is 10.5 Å². The molecule has 1 aromatic carbocycles. The first-order valence-corrected chi connectivity index (χ1v) is 9.70. The molecule has 2 aliphatic rings. The molecule has 0 unspecified atom stereocenters. The van der Waals surface area contributed by atoms with Crippen molar-refractivity contribution in [3.05, 3.63) is 46.8 Å². The Balaban J connectivity index is 0.00000180. The molecule has 0 saturated carbocycles. The molecule has 26 heavy (non-hydrogen) atoms. The molecular formula is C21H26N4O. The van der Waals surface area contributed by atoms with Gasteiger partial charge in [0.2, 0.25) is 0 Å². The summed E-state index contributed by atoms with van der Waals surface area (Å²) in [7, 11) is 0. The van der Waals surface area contributed by atoms with E-state index in [4.69, 9.17) is 4.98 Å². The van der Waals surface area contributed by atoms with Gasteiger partial charge < -0.3 is 14.8 Å². The maximum absolute atomic E-state index is 12.2. The molecule has 2 aromatic heterocycles. The van der Waals surface area contributed by atoms with E-state index in [2.05, 4.69) is 14.8 Å². The van der Waals surface area contributed by atoms with Crippen LogP contribution in [-0.2, 0) is 0 Å². The van der Waals surface area contributed by atoms with Crippen molar-refractivity contribution in [3.8, 4) is 0 Å². The average Bonchev–Trinajstić information content (AvgIpc) is 3.23. The van der Waals surface area contributed by atoms with E-state index in [-0.39, 0.29) is 6.99 Å². The zero-order valence-electron chi connectivity index (χ0n) is 14.9. The Morgan fingerprint density at radius 3 is 2.46 bits per heavy atom. The first-order valence-electron chi connectivity index (χ1n) is 9.70. The summed E-state index contributed by atoms with van der Waals surface area (Å²) in [6.45, 7) is 4.67. The van der Waals surface area contributed by atoms with Crippen LogP contribution >= 0.6 is 0 Å². The van der Waals surface area contributed by atoms with Gasteiger partial charge in [0.1, 0.15) is 5.82 Å². The zero-order chi connectivity index (χ0) is 17.5. The highest BCUT2D eigenvalue weighted by atomic mass is 16.1. The summed E-state index contributed by atoms with van der Waals surface area (Å²) in [5, 5.41) is 1.64. The number of benzene rings is 1. The molecule has 3 aromatic rings. The van der Waals surface area contributed by atoms with Crippen molar-refractivity contribution in [2.45, 2.75) is 31.7 Å². The number of hydrogen-bond donors (Lipinski definition) is 1. The van der Waals surface area contributed by atoms with Crippen LogP contribution in [0.1, 0.15) is 27.1 Å². The SMILES string of the molecule is O=c1[nH]c2ccc(N3CCC(N4CCCC4)CC3)nc2c2ccccc12.[HH]. The van der Waals surface area contributed by atoms with Gasteiger partial charge in [-0.15, -0.1) is 0 Å². The Morgan fingerprint density at radius 2 is 1.69 bits per heavy atom. The molecule has 0 radical (unpaired) electrons. The maximum atomic E-state index is 12.2. The summed E-state index contributed by atoms with van der Waals surface area (Å²) in [5.74, 6) is 1.02. The first kappa shape index (κ1) is 15.8. The van der Waals surface area contributed by atoms with Gasteiger partial charge in [0.15, 0.2) is 0 Å². The lowest BCUT2D eigenvalue weighted by Crippen LogP contribution is -2.44. The molecule has 136 valence electrons. The summed E-state index contributed by atoms with van der Waals surface area (Å²) in [6, 6.07) is 12.5. The van der Waals surface area contributed by atoms with E-state index in [0.717, 1.165) is 41.4 Å². The number of aromatic amines is 1. The van der Waals surface area contributed by atoms with E-state index in [1.165, 1.54) is 38.8 Å². The molecule has 2 saturated heterocycles. The Hall–Kier alpha value is -2.40. The maximum Gasteiger partial charge on any atom is 0.256 e. The van der Waals surface area contributed by atoms with Crippen LogP contribution in [0.3, 0.4) is 0 Å². The van der Waals surface area contributed by atoms with Crippen molar-refractivity contribution in [2.75, 3.05) is 31.1 Å². The second-order valence-corrected chi connectivity index (χ2v) is 7.53. The van der Waals surface area contributed by atoms with Gasteiger partial charge in [0, 0.05) is 31.3 Å². The predicted molar refractivity (Wildman–Crippen MR) is 108 cm³/mol. The van der Waals surface area contributed by atoms with E-state index in [9.17, 15) is 4.79 Å². The van der Waals surface area contributed by atoms with Gasteiger partial charge in [-0.1, -0.05) is 18.2 Å². The summed E-state index contributed by atoms with van der Waals surface area (Å²) < 4.78 is 0. The van der Waals surface area contributed by atoms with Crippen LogP contribution in [0, 0.1) is 0 Å². The lowest BCUT2D eigenvalue weighted by atomic mass is 10.0. The summed E-state index contributed by atoms with van der Waals surface area (Å²) in [4.78, 5) is 25.2. The molecule has 0 spiro atoms. The van der Waals surface area contributed by atoms with Gasteiger partial charge in [-0.3, -0.25) is 4.79 Å². The topological polar surface area (TPSA) is 52.2 Å². The van der Waals surface area contributed by atoms with E-state index in [1.807, 2.05) is 36.4 Å². The van der Waals surface area contributed by atoms with E-state index in [1.54, 1.807) is 0 Å². The van der Waals surface area contributed by atoms with Crippen LogP contribution in [-0.4, -0.2) is 47.1 Å². The number of hydrogen-bond acceptors (Lipinski definition) is 4. The highest BCUT2D eigenvalue weighted by Gasteiger charge is 2.27. The zero-order valence-corrected chi connectivity index (χ0v) is 14.9. The molecule has 5 heteroatoms. The number of piperidine rings is 1. The fourth-order valence-corrected chi connectivity index (χ4v) is 4.58. The monoisotopic (exact) mass is 350 g/mol. The number of nitrogens with zero attached hydrogens (tertiary/aromatic N) is 3. The standard InChI is InChI=1S/C21H24N4O.H2/c26-21-17-6-2-1-5-16(17)20-18(22-21)7-8-19(23-20)25-13-9-15(10-14-25)24-11-3-4-12-24;/h1-2,5-8,15H,3-4,9-14H2,(H,22,26);1H. The quantitative estimate of drug-likeness (QED) is 0.720. The molecule has 5 rings (SSSR count). The Labute approximate surface area is 154 Å². The van der Waals surface area contributed by atoms with Crippen molar-refractivity contribution < 1.29 is 1.43 Å². The van der Waals surface area contributed by atoms with E-state index in [0.29, 0.717) is 5.39 Å². The third-order valence-electron chi connectivity index (χ3n) is 6.00. The second kappa shape index (κ2) is 6.40. The van der Waals surface area contributed by atoms with Gasteiger partial charge >= 0.3 is 0 Å². The fourth-order valence-electron chi connectivity index (χ4n) is 4.58. The molecular weight excluding hydrogens is 324 g/mol. The Bertz CT molecular complexity index is 1000. The average molecular weight is 350 g/mol. The first-order chi connectivity index (χ1) is 12.8. The second-order valence-electron chi connectivity index (χ2n) is 7.53. The number of fused-ring (bicyclic) bond motifs is 3. The van der Waals surface area contributed by atoms with Crippen LogP contribution in [0.15, 0.2) is 41.2 Å². The third-order valence-corrected chi connectivity index (χ3v) is 6.00. The van der Waals surface area contributed by atoms with Gasteiger partial charge in [-0.25, -0.2) is 4.98 Å². The molecule has 2 aliphatic heterocycles. The summed E-state index contributed by atoms with van der Waals surface area (Å²) in [5.41, 5.74) is 1.65. The van der Waals surface area contributed by atoms with Gasteiger partial charge in [-0.05, 0) is 57.0 Å². The van der Waals surface area contributed by atoms with Crippen molar-refractivity contribution in [2.24, 2.45) is 0 Å². The molecule has 4 heterocycles. The van der Waals surface area contributed by atoms with E-state index < -0.39 is 0 Å². The molecule has 0 bridgehead atoms. The number of rotatable bonds is 2. The summed E-state index contributed by atoms with van der Waals surface area (Å²) in [6.07, 6.45) is 5.15. The van der Waals surface area contributed by atoms with Crippen molar-refractivity contribution in [3.63, 3.8) is 0 Å². The van der Waals surface area contributed by atoms with Crippen molar-refractivity contribution in [1.29, 1.82) is 0 Å². The lowest BCUT2D eigenvalue weighted by Gasteiger charge is -2.37. The van der Waals surface area contributed by atoms with Crippen LogP contribution in [0.5, 0.6) is 0 Å². The number of likely N-dealkylation sites (tertiary alicyclic amines) is 1. The molecule has 5 nitrogen and oxygen atoms in total. The number of aromatic nitrogens is 2. The molecule has 0 atom stereocenters. The fraction of sp³-hybridized carbons (Fsp3) is 0.429. The minimum absolute atomic E-state index is 0. The van der Waals surface area contributed by atoms with Crippen molar-refractivity contribution >= 4 is 27.6 Å². The van der Waals surface area contributed by atoms with Gasteiger partial charge in [0.25, 0.3) is 5.56 Å². The van der Waals surface area contributed by atoms with Crippen molar-refractivity contribution in [1.82, 2.24) is 14.9 Å². The number of nitrogens with one attached hydrogen (secondary N) is 1. The van der Waals surface area contributed by atoms with Gasteiger partial charge in [-0.2, -0.15) is 0 Å². The smallest absolute Gasteiger partial charge is 0.256 e. The van der Waals surface area contributed by atoms with Gasteiger partial charge in [0.05, 0.1) is 11.0 Å². The number of pyridine rings is 2. The molecule has 1 N–H and O–H groups in total. The Morgan fingerprint density at radius 1 is 0.962 bits per heavy atom. The third kappa shape index (κ3) is 2.67. The Kier molecular flexibility index (Phi) is 3.89. The largest absolute Gasteiger partial charge is 0.356 e. The van der Waals surface area contributed by atoms with Crippen LogP contribution in [0.2, 0.25) is 0 Å². The molecule has 0 amide bonds.